The Labute approximate surface area is 55.2 Å². The molecule has 2 rings (SSSR count). The summed E-state index contributed by atoms with van der Waals surface area (Å²) in [6.07, 6.45) is 3.55. The van der Waals surface area contributed by atoms with E-state index in [4.69, 9.17) is 0 Å². The van der Waals surface area contributed by atoms with Crippen LogP contribution in [0.3, 0.4) is 0 Å². The van der Waals surface area contributed by atoms with E-state index >= 15 is 0 Å². The van der Waals surface area contributed by atoms with Crippen LogP contribution in [0, 0.1) is 0 Å². The number of aryl methyl sites for hydroxylation is 1. The molecule has 0 spiro atoms. The molecular formula is C5H6N2OS. The van der Waals surface area contributed by atoms with Crippen molar-refractivity contribution in [2.45, 2.75) is 11.7 Å². The summed E-state index contributed by atoms with van der Waals surface area (Å²) in [4.78, 5) is 3.94. The van der Waals surface area contributed by atoms with Gasteiger partial charge in [-0.2, -0.15) is 0 Å². The number of rotatable bonds is 0. The van der Waals surface area contributed by atoms with Crippen molar-refractivity contribution in [3.05, 3.63) is 12.4 Å². The van der Waals surface area contributed by atoms with Crippen molar-refractivity contribution in [3.8, 4) is 0 Å². The molecule has 0 saturated carbocycles. The Morgan fingerprint density at radius 2 is 2.67 bits per heavy atom. The first kappa shape index (κ1) is 5.17. The summed E-state index contributed by atoms with van der Waals surface area (Å²) in [6, 6.07) is 0. The van der Waals surface area contributed by atoms with Crippen LogP contribution in [0.2, 0.25) is 0 Å². The second-order valence-corrected chi connectivity index (χ2v) is 3.42. The van der Waals surface area contributed by atoms with Crippen molar-refractivity contribution in [3.63, 3.8) is 0 Å². The van der Waals surface area contributed by atoms with Gasteiger partial charge in [0.2, 0.25) is 0 Å². The monoisotopic (exact) mass is 142 g/mol. The van der Waals surface area contributed by atoms with E-state index in [9.17, 15) is 4.21 Å². The molecule has 0 aliphatic carbocycles. The van der Waals surface area contributed by atoms with E-state index in [1.165, 1.54) is 0 Å². The smallest absolute Gasteiger partial charge is 0.199 e. The van der Waals surface area contributed by atoms with E-state index in [2.05, 4.69) is 4.98 Å². The van der Waals surface area contributed by atoms with Gasteiger partial charge in [-0.05, 0) is 0 Å². The van der Waals surface area contributed by atoms with E-state index in [0.717, 1.165) is 17.5 Å². The van der Waals surface area contributed by atoms with Crippen LogP contribution in [0.4, 0.5) is 0 Å². The zero-order chi connectivity index (χ0) is 6.27. The molecule has 0 fully saturated rings. The van der Waals surface area contributed by atoms with Crippen molar-refractivity contribution in [1.29, 1.82) is 0 Å². The van der Waals surface area contributed by atoms with E-state index < -0.39 is 10.8 Å². The highest BCUT2D eigenvalue weighted by atomic mass is 32.2. The summed E-state index contributed by atoms with van der Waals surface area (Å²) in [5, 5.41) is 0.731. The molecule has 1 aromatic heterocycles. The van der Waals surface area contributed by atoms with Crippen LogP contribution in [0.25, 0.3) is 0 Å². The first-order valence-electron chi connectivity index (χ1n) is 2.77. The third kappa shape index (κ3) is 0.627. The van der Waals surface area contributed by atoms with E-state index in [1.807, 2.05) is 10.8 Å². The molecule has 1 aromatic rings. The van der Waals surface area contributed by atoms with Gasteiger partial charge in [-0.1, -0.05) is 0 Å². The van der Waals surface area contributed by atoms with Crippen LogP contribution in [-0.2, 0) is 17.3 Å². The Bertz CT molecular complexity index is 255. The standard InChI is InChI=1S/C5H6N2OS/c8-9-4-3-7-2-1-6-5(7)9/h1-2H,3-4H2/t9-/m1/s1. The van der Waals surface area contributed by atoms with Crippen LogP contribution in [0.5, 0.6) is 0 Å². The summed E-state index contributed by atoms with van der Waals surface area (Å²) in [5.74, 6) is 0.739. The fraction of sp³-hybridized carbons (Fsp3) is 0.400. The molecule has 3 nitrogen and oxygen atoms in total. The van der Waals surface area contributed by atoms with Gasteiger partial charge < -0.3 is 4.57 Å². The maximum atomic E-state index is 11.0. The summed E-state index contributed by atoms with van der Waals surface area (Å²) in [6.45, 7) is 0.863. The molecule has 1 aliphatic heterocycles. The number of fused-ring (bicyclic) bond motifs is 1. The molecule has 0 unspecified atom stereocenters. The summed E-state index contributed by atoms with van der Waals surface area (Å²) in [7, 11) is -0.815. The van der Waals surface area contributed by atoms with Crippen LogP contribution >= 0.6 is 0 Å². The fourth-order valence-electron chi connectivity index (χ4n) is 0.948. The lowest BCUT2D eigenvalue weighted by Crippen LogP contribution is -1.88. The zero-order valence-corrected chi connectivity index (χ0v) is 5.60. The molecule has 48 valence electrons. The van der Waals surface area contributed by atoms with Gasteiger partial charge in [-0.25, -0.2) is 4.98 Å². The third-order valence-electron chi connectivity index (χ3n) is 1.40. The molecule has 4 heteroatoms. The highest BCUT2D eigenvalue weighted by molar-refractivity contribution is 7.85. The van der Waals surface area contributed by atoms with Crippen molar-refractivity contribution in [2.75, 3.05) is 5.75 Å². The molecule has 0 N–H and O–H groups in total. The lowest BCUT2D eigenvalue weighted by atomic mass is 10.7. The molecule has 0 saturated heterocycles. The van der Waals surface area contributed by atoms with Crippen LogP contribution in [-0.4, -0.2) is 19.5 Å². The second kappa shape index (κ2) is 1.67. The average molecular weight is 142 g/mol. The van der Waals surface area contributed by atoms with Gasteiger partial charge in [0.05, 0.1) is 10.8 Å². The van der Waals surface area contributed by atoms with Crippen molar-refractivity contribution < 1.29 is 4.21 Å². The molecule has 0 radical (unpaired) electrons. The van der Waals surface area contributed by atoms with Crippen LogP contribution in [0.1, 0.15) is 0 Å². The number of imidazole rings is 1. The SMILES string of the molecule is O=[S@@]1CCn2ccnc21. The minimum Gasteiger partial charge on any atom is -0.323 e. The topological polar surface area (TPSA) is 34.9 Å². The summed E-state index contributed by atoms with van der Waals surface area (Å²) < 4.78 is 12.9. The normalized spacial score (nSPS) is 24.2. The van der Waals surface area contributed by atoms with E-state index in [-0.39, 0.29) is 0 Å². The Morgan fingerprint density at radius 1 is 1.78 bits per heavy atom. The van der Waals surface area contributed by atoms with Gasteiger partial charge in [0.1, 0.15) is 0 Å². The Morgan fingerprint density at radius 3 is 3.44 bits per heavy atom. The quantitative estimate of drug-likeness (QED) is 0.511. The van der Waals surface area contributed by atoms with E-state index in [1.54, 1.807) is 6.20 Å². The average Bonchev–Trinajstić information content (AvgIpc) is 2.35. The Kier molecular flexibility index (Phi) is 0.958. The molecule has 0 aromatic carbocycles. The molecule has 2 heterocycles. The van der Waals surface area contributed by atoms with Crippen molar-refractivity contribution >= 4 is 10.8 Å². The number of aromatic nitrogens is 2. The predicted molar refractivity (Wildman–Crippen MR) is 33.5 cm³/mol. The first-order valence-corrected chi connectivity index (χ1v) is 4.09. The largest absolute Gasteiger partial charge is 0.323 e. The maximum Gasteiger partial charge on any atom is 0.199 e. The van der Waals surface area contributed by atoms with Crippen molar-refractivity contribution in [2.24, 2.45) is 0 Å². The van der Waals surface area contributed by atoms with Crippen LogP contribution < -0.4 is 0 Å². The van der Waals surface area contributed by atoms with E-state index in [0.29, 0.717) is 0 Å². The molecule has 0 amide bonds. The summed E-state index contributed by atoms with van der Waals surface area (Å²) >= 11 is 0. The zero-order valence-electron chi connectivity index (χ0n) is 4.78. The summed E-state index contributed by atoms with van der Waals surface area (Å²) in [5.41, 5.74) is 0. The maximum absolute atomic E-state index is 11.0. The predicted octanol–water partition coefficient (Wildman–Crippen LogP) is 0.00430. The van der Waals surface area contributed by atoms with Gasteiger partial charge in [0.25, 0.3) is 0 Å². The molecule has 1 aliphatic rings. The minimum atomic E-state index is -0.815. The lowest BCUT2D eigenvalue weighted by molar-refractivity contribution is 0.679. The Balaban J connectivity index is 2.61. The first-order chi connectivity index (χ1) is 4.38. The van der Waals surface area contributed by atoms with Crippen LogP contribution in [0.15, 0.2) is 17.6 Å². The third-order valence-corrected chi connectivity index (χ3v) is 2.70. The number of nitrogens with zero attached hydrogens (tertiary/aromatic N) is 2. The van der Waals surface area contributed by atoms with Gasteiger partial charge in [-0.15, -0.1) is 0 Å². The fourth-order valence-corrected chi connectivity index (χ4v) is 2.09. The highest BCUT2D eigenvalue weighted by Crippen LogP contribution is 2.11. The Hall–Kier alpha value is -0.640. The van der Waals surface area contributed by atoms with Gasteiger partial charge in [0.15, 0.2) is 5.16 Å². The molecule has 9 heavy (non-hydrogen) atoms. The van der Waals surface area contributed by atoms with Crippen molar-refractivity contribution in [1.82, 2.24) is 9.55 Å². The van der Waals surface area contributed by atoms with Gasteiger partial charge in [-0.3, -0.25) is 4.21 Å². The molecule has 0 bridgehead atoms. The minimum absolute atomic E-state index is 0.731. The van der Waals surface area contributed by atoms with Gasteiger partial charge in [0, 0.05) is 24.7 Å². The highest BCUT2D eigenvalue weighted by Gasteiger charge is 2.17. The number of hydrogen-bond acceptors (Lipinski definition) is 2. The molecular weight excluding hydrogens is 136 g/mol. The second-order valence-electron chi connectivity index (χ2n) is 1.95. The van der Waals surface area contributed by atoms with Gasteiger partial charge >= 0.3 is 0 Å². The number of hydrogen-bond donors (Lipinski definition) is 0. The molecule has 1 atom stereocenters. The lowest BCUT2D eigenvalue weighted by Gasteiger charge is -1.86.